The van der Waals surface area contributed by atoms with Crippen molar-refractivity contribution in [2.24, 2.45) is 0 Å². The Morgan fingerprint density at radius 3 is 1.07 bits per heavy atom. The van der Waals surface area contributed by atoms with E-state index >= 15 is 0 Å². The fraction of sp³-hybridized carbons (Fsp3) is 1.00. The van der Waals surface area contributed by atoms with Crippen molar-refractivity contribution in [3.05, 3.63) is 0 Å². The van der Waals surface area contributed by atoms with Gasteiger partial charge in [0, 0.05) is 39.3 Å². The fourth-order valence-corrected chi connectivity index (χ4v) is 2.31. The van der Waals surface area contributed by atoms with Crippen LogP contribution >= 0.6 is 0 Å². The summed E-state index contributed by atoms with van der Waals surface area (Å²) in [6, 6.07) is 0. The molecule has 5 nitrogen and oxygen atoms in total. The summed E-state index contributed by atoms with van der Waals surface area (Å²) < 4.78 is 5.10. The van der Waals surface area contributed by atoms with Crippen molar-refractivity contribution in [2.75, 3.05) is 86.7 Å². The van der Waals surface area contributed by atoms with E-state index in [9.17, 15) is 0 Å². The van der Waals surface area contributed by atoms with E-state index in [1.54, 1.807) is 0 Å². The number of rotatable bonds is 0. The van der Waals surface area contributed by atoms with E-state index in [-0.39, 0.29) is 7.43 Å². The van der Waals surface area contributed by atoms with E-state index in [0.29, 0.717) is 0 Å². The van der Waals surface area contributed by atoms with Crippen LogP contribution in [-0.2, 0) is 4.74 Å². The Kier molecular flexibility index (Phi) is 38.8. The van der Waals surface area contributed by atoms with Gasteiger partial charge in [-0.15, -0.1) is 0 Å². The molecule has 5 heteroatoms. The van der Waals surface area contributed by atoms with Crippen LogP contribution in [-0.4, -0.2) is 101 Å². The maximum absolute atomic E-state index is 5.10. The molecule has 27 heavy (non-hydrogen) atoms. The van der Waals surface area contributed by atoms with Crippen LogP contribution in [0.25, 0.3) is 0 Å². The first-order valence-electron chi connectivity index (χ1n) is 11.0. The van der Waals surface area contributed by atoms with Gasteiger partial charge in [-0.1, -0.05) is 49.0 Å². The van der Waals surface area contributed by atoms with Gasteiger partial charge in [-0.2, -0.15) is 0 Å². The van der Waals surface area contributed by atoms with Crippen LogP contribution in [0.2, 0.25) is 0 Å². The maximum atomic E-state index is 5.10. The molecule has 0 aromatic heterocycles. The van der Waals surface area contributed by atoms with Gasteiger partial charge >= 0.3 is 0 Å². The van der Waals surface area contributed by atoms with E-state index in [2.05, 4.69) is 41.2 Å². The van der Waals surface area contributed by atoms with Gasteiger partial charge in [0.2, 0.25) is 0 Å². The zero-order valence-electron chi connectivity index (χ0n) is 19.7. The zero-order valence-corrected chi connectivity index (χ0v) is 19.7. The van der Waals surface area contributed by atoms with Crippen LogP contribution in [0.5, 0.6) is 0 Å². The topological polar surface area (TPSA) is 31.0 Å². The van der Waals surface area contributed by atoms with Crippen molar-refractivity contribution in [2.45, 2.75) is 61.8 Å². The standard InChI is InChI=1S/C5H12N2.C5H11NO.C5H11N.3C2H6.CH4/c1-7-4-2-6-3-5-7;1-6-2-4-7-5-3-6;1-6-4-2-3-5-6;3*1-2;/h6H,2-5H2,1H3;2-5H2,1H3;2-5H2,1H3;3*1-2H3;1H4. The van der Waals surface area contributed by atoms with E-state index in [0.717, 1.165) is 39.4 Å². The van der Waals surface area contributed by atoms with Crippen LogP contribution in [0.15, 0.2) is 0 Å². The highest BCUT2D eigenvalue weighted by molar-refractivity contribution is 4.62. The smallest absolute Gasteiger partial charge is 0.0594 e. The lowest BCUT2D eigenvalue weighted by Gasteiger charge is -2.21. The van der Waals surface area contributed by atoms with E-state index in [1.807, 2.05) is 41.5 Å². The van der Waals surface area contributed by atoms with Gasteiger partial charge in [0.25, 0.3) is 0 Å². The van der Waals surface area contributed by atoms with Crippen molar-refractivity contribution in [3.8, 4) is 0 Å². The monoisotopic (exact) mass is 392 g/mol. The molecule has 0 aromatic carbocycles. The number of nitrogens with one attached hydrogen (secondary N) is 1. The molecule has 3 aliphatic heterocycles. The fourth-order valence-electron chi connectivity index (χ4n) is 2.31. The Morgan fingerprint density at radius 1 is 0.556 bits per heavy atom. The number of hydrogen-bond donors (Lipinski definition) is 1. The molecular formula is C22H56N4O. The van der Waals surface area contributed by atoms with E-state index in [4.69, 9.17) is 4.74 Å². The Morgan fingerprint density at radius 2 is 0.889 bits per heavy atom. The minimum Gasteiger partial charge on any atom is -0.379 e. The second-order valence-electron chi connectivity index (χ2n) is 5.98. The molecule has 0 saturated carbocycles. The van der Waals surface area contributed by atoms with E-state index in [1.165, 1.54) is 39.0 Å². The van der Waals surface area contributed by atoms with Gasteiger partial charge in [-0.25, -0.2) is 0 Å². The maximum Gasteiger partial charge on any atom is 0.0594 e. The molecular weight excluding hydrogens is 336 g/mol. The summed E-state index contributed by atoms with van der Waals surface area (Å²) in [6.07, 6.45) is 2.83. The average Bonchev–Trinajstić information content (AvgIpc) is 3.20. The highest BCUT2D eigenvalue weighted by Gasteiger charge is 2.03. The lowest BCUT2D eigenvalue weighted by atomic mass is 10.4. The highest BCUT2D eigenvalue weighted by Crippen LogP contribution is 2.02. The number of ether oxygens (including phenoxy) is 1. The summed E-state index contributed by atoms with van der Waals surface area (Å²) in [5.41, 5.74) is 0. The van der Waals surface area contributed by atoms with Crippen LogP contribution < -0.4 is 5.32 Å². The number of piperazine rings is 1. The summed E-state index contributed by atoms with van der Waals surface area (Å²) in [5, 5.41) is 3.27. The molecule has 0 atom stereocenters. The molecule has 0 aliphatic carbocycles. The van der Waals surface area contributed by atoms with Crippen molar-refractivity contribution in [1.82, 2.24) is 20.0 Å². The van der Waals surface area contributed by atoms with Gasteiger partial charge < -0.3 is 24.8 Å². The van der Waals surface area contributed by atoms with Gasteiger partial charge in [0.05, 0.1) is 13.2 Å². The summed E-state index contributed by atoms with van der Waals surface area (Å²) in [6.45, 7) is 23.4. The second-order valence-corrected chi connectivity index (χ2v) is 5.98. The number of likely N-dealkylation sites (N-methyl/N-ethyl adjacent to an activating group) is 2. The summed E-state index contributed by atoms with van der Waals surface area (Å²) in [4.78, 5) is 6.96. The van der Waals surface area contributed by atoms with E-state index < -0.39 is 0 Å². The predicted octanol–water partition coefficient (Wildman–Crippen LogP) is 3.90. The number of nitrogens with zero attached hydrogens (tertiary/aromatic N) is 3. The molecule has 0 aromatic rings. The first-order chi connectivity index (χ1) is 12.7. The summed E-state index contributed by atoms with van der Waals surface area (Å²) >= 11 is 0. The van der Waals surface area contributed by atoms with Crippen LogP contribution in [0, 0.1) is 0 Å². The molecule has 3 heterocycles. The lowest BCUT2D eigenvalue weighted by molar-refractivity contribution is 0.0503. The predicted molar refractivity (Wildman–Crippen MR) is 126 cm³/mol. The summed E-state index contributed by atoms with van der Waals surface area (Å²) in [5.74, 6) is 0. The number of morpholine rings is 1. The average molecular weight is 393 g/mol. The molecule has 0 spiro atoms. The zero-order chi connectivity index (χ0) is 20.6. The SMILES string of the molecule is C.CC.CC.CC.CN1CCCC1.CN1CCNCC1.CN1CCOCC1. The largest absolute Gasteiger partial charge is 0.379 e. The van der Waals surface area contributed by atoms with Crippen molar-refractivity contribution in [3.63, 3.8) is 0 Å². The molecule has 3 aliphatic rings. The molecule has 0 unspecified atom stereocenters. The van der Waals surface area contributed by atoms with Crippen molar-refractivity contribution < 1.29 is 4.74 Å². The first-order valence-corrected chi connectivity index (χ1v) is 11.0. The molecule has 3 fully saturated rings. The van der Waals surface area contributed by atoms with Crippen LogP contribution in [0.1, 0.15) is 61.8 Å². The van der Waals surface area contributed by atoms with Gasteiger partial charge in [0.15, 0.2) is 0 Å². The van der Waals surface area contributed by atoms with Gasteiger partial charge in [-0.3, -0.25) is 0 Å². The minimum absolute atomic E-state index is 0. The minimum atomic E-state index is 0. The molecule has 170 valence electrons. The van der Waals surface area contributed by atoms with Crippen LogP contribution in [0.3, 0.4) is 0 Å². The number of hydrogen-bond acceptors (Lipinski definition) is 5. The van der Waals surface area contributed by atoms with Gasteiger partial charge in [0.1, 0.15) is 0 Å². The second kappa shape index (κ2) is 30.5. The Labute approximate surface area is 173 Å². The van der Waals surface area contributed by atoms with Gasteiger partial charge in [-0.05, 0) is 47.1 Å². The Balaban J connectivity index is -0.000000127. The third kappa shape index (κ3) is 28.1. The third-order valence-electron chi connectivity index (χ3n) is 3.90. The number of likely N-dealkylation sites (tertiary alicyclic amines) is 1. The molecule has 0 bridgehead atoms. The summed E-state index contributed by atoms with van der Waals surface area (Å²) in [7, 11) is 6.44. The molecule has 0 radical (unpaired) electrons. The van der Waals surface area contributed by atoms with Crippen molar-refractivity contribution in [1.29, 1.82) is 0 Å². The normalized spacial score (nSPS) is 19.4. The molecule has 0 amide bonds. The third-order valence-corrected chi connectivity index (χ3v) is 3.90. The molecule has 1 N–H and O–H groups in total. The Bertz CT molecular complexity index is 196. The lowest BCUT2D eigenvalue weighted by Crippen LogP contribution is -2.40. The molecule has 3 saturated heterocycles. The Hall–Kier alpha value is -0.200. The quantitative estimate of drug-likeness (QED) is 0.676. The molecule has 3 rings (SSSR count). The van der Waals surface area contributed by atoms with Crippen molar-refractivity contribution >= 4 is 0 Å². The first kappa shape index (κ1) is 34.3. The highest BCUT2D eigenvalue weighted by atomic mass is 16.5. The van der Waals surface area contributed by atoms with Crippen LogP contribution in [0.4, 0.5) is 0 Å².